The first-order chi connectivity index (χ1) is 33.9. The summed E-state index contributed by atoms with van der Waals surface area (Å²) in [4.78, 5) is 48.5. The molecule has 0 spiro atoms. The van der Waals surface area contributed by atoms with Gasteiger partial charge in [-0.25, -0.2) is 23.9 Å². The van der Waals surface area contributed by atoms with Gasteiger partial charge >= 0.3 is 12.0 Å². The Morgan fingerprint density at radius 2 is 1.69 bits per heavy atom. The van der Waals surface area contributed by atoms with Crippen LogP contribution in [0.5, 0.6) is 11.5 Å². The number of unbranched alkanes of at least 4 members (excludes halogenated alkanes) is 3. The number of nitrogens with one attached hydrogen (secondary N) is 4. The van der Waals surface area contributed by atoms with Crippen LogP contribution < -0.4 is 30.7 Å². The minimum absolute atomic E-state index is 0.0143. The highest BCUT2D eigenvalue weighted by molar-refractivity contribution is 7.97. The van der Waals surface area contributed by atoms with Crippen LogP contribution in [0.15, 0.2) is 71.0 Å². The number of carbonyl (C=O) groups excluding carboxylic acids is 2. The average molecular weight is 1020 g/mol. The molecule has 2 aromatic heterocycles. The highest BCUT2D eigenvalue weighted by Crippen LogP contribution is 2.37. The number of aromatic nitrogens is 2. The summed E-state index contributed by atoms with van der Waals surface area (Å²) in [5.41, 5.74) is 3.83. The van der Waals surface area contributed by atoms with E-state index in [4.69, 9.17) is 14.5 Å². The number of aliphatic hydroxyl groups excluding tert-OH is 1. The molecular weight excluding hydrogens is 937 g/mol. The predicted molar refractivity (Wildman–Crippen MR) is 292 cm³/mol. The van der Waals surface area contributed by atoms with Crippen LogP contribution in [0.4, 0.5) is 9.93 Å². The predicted octanol–water partition coefficient (Wildman–Crippen LogP) is 10.8. The Labute approximate surface area is 432 Å². The lowest BCUT2D eigenvalue weighted by atomic mass is 9.86. The van der Waals surface area contributed by atoms with Crippen LogP contribution in [0.2, 0.25) is 0 Å². The number of pyridine rings is 1. The summed E-state index contributed by atoms with van der Waals surface area (Å²) < 4.78 is 13.1. The van der Waals surface area contributed by atoms with E-state index in [0.29, 0.717) is 12.6 Å². The van der Waals surface area contributed by atoms with Crippen LogP contribution in [0.3, 0.4) is 0 Å². The van der Waals surface area contributed by atoms with E-state index in [-0.39, 0.29) is 48.0 Å². The van der Waals surface area contributed by atoms with Gasteiger partial charge in [-0.3, -0.25) is 9.69 Å². The highest BCUT2D eigenvalue weighted by Gasteiger charge is 2.35. The summed E-state index contributed by atoms with van der Waals surface area (Å²) in [6.45, 7) is 25.5. The summed E-state index contributed by atoms with van der Waals surface area (Å²) in [5.74, 6) is -0.352. The zero-order valence-corrected chi connectivity index (χ0v) is 46.3. The van der Waals surface area contributed by atoms with Gasteiger partial charge in [-0.15, -0.1) is 11.3 Å². The maximum atomic E-state index is 12.5. The van der Waals surface area contributed by atoms with E-state index in [9.17, 15) is 24.6 Å². The molecule has 4 aromatic rings. The van der Waals surface area contributed by atoms with Gasteiger partial charge in [0.25, 0.3) is 0 Å². The number of hydrogen-bond acceptors (Lipinski definition) is 13. The minimum atomic E-state index is -1.02. The van der Waals surface area contributed by atoms with E-state index >= 15 is 0 Å². The summed E-state index contributed by atoms with van der Waals surface area (Å²) in [5, 5.41) is 34.6. The van der Waals surface area contributed by atoms with Crippen LogP contribution in [0, 0.1) is 17.3 Å². The lowest BCUT2D eigenvalue weighted by molar-refractivity contribution is -0.143. The zero-order chi connectivity index (χ0) is 52.7. The van der Waals surface area contributed by atoms with E-state index < -0.39 is 12.0 Å². The Morgan fingerprint density at radius 3 is 2.31 bits per heavy atom. The number of allylic oxidation sites excluding steroid dienone is 1. The average Bonchev–Trinajstić information content (AvgIpc) is 4.13. The van der Waals surface area contributed by atoms with Crippen LogP contribution in [0.1, 0.15) is 120 Å². The van der Waals surface area contributed by atoms with Crippen molar-refractivity contribution in [3.8, 4) is 22.9 Å². The summed E-state index contributed by atoms with van der Waals surface area (Å²) in [7, 11) is 3.31. The molecule has 0 bridgehead atoms. The third-order valence-corrected chi connectivity index (χ3v) is 14.0. The number of likely N-dealkylation sites (tertiary alicyclic amines) is 1. The maximum absolute atomic E-state index is 12.5. The molecule has 17 heteroatoms. The number of amides is 3. The molecule has 0 saturated carbocycles. The van der Waals surface area contributed by atoms with Gasteiger partial charge in [0.2, 0.25) is 5.91 Å². The number of fused-ring (bicyclic) bond motifs is 2. The van der Waals surface area contributed by atoms with Gasteiger partial charge in [-0.05, 0) is 87.6 Å². The monoisotopic (exact) mass is 1020 g/mol. The van der Waals surface area contributed by atoms with Crippen molar-refractivity contribution in [3.63, 3.8) is 0 Å². The Bertz CT molecular complexity index is 2240. The fourth-order valence-electron chi connectivity index (χ4n) is 8.01. The van der Waals surface area contributed by atoms with Crippen molar-refractivity contribution >= 4 is 57.2 Å². The molecule has 6 rings (SSSR count). The first-order valence-corrected chi connectivity index (χ1v) is 26.9. The summed E-state index contributed by atoms with van der Waals surface area (Å²) >= 11 is 3.35. The second-order valence-electron chi connectivity index (χ2n) is 18.9. The van der Waals surface area contributed by atoms with Gasteiger partial charge in [0.1, 0.15) is 23.2 Å². The topological polar surface area (TPSA) is 191 Å². The Morgan fingerprint density at radius 1 is 0.958 bits per heavy atom. The number of anilines is 1. The Kier molecular flexibility index (Phi) is 26.2. The molecule has 394 valence electrons. The van der Waals surface area contributed by atoms with Gasteiger partial charge in [0.15, 0.2) is 5.13 Å². The molecule has 2 aliphatic rings. The Hall–Kier alpha value is -4.94. The molecule has 71 heavy (non-hydrogen) atoms. The molecule has 1 saturated heterocycles. The number of benzene rings is 2. The molecule has 0 aliphatic carbocycles. The molecule has 1 fully saturated rings. The van der Waals surface area contributed by atoms with E-state index in [1.54, 1.807) is 44.4 Å². The van der Waals surface area contributed by atoms with Crippen molar-refractivity contribution in [1.29, 1.82) is 0 Å². The van der Waals surface area contributed by atoms with Crippen molar-refractivity contribution in [3.05, 3.63) is 71.6 Å². The largest absolute Gasteiger partial charge is 0.497 e. The molecule has 4 heterocycles. The molecule has 2 aromatic carbocycles. The number of aliphatic hydroxyl groups is 1. The lowest BCUT2D eigenvalue weighted by Crippen LogP contribution is -2.52. The second-order valence-corrected chi connectivity index (χ2v) is 20.9. The lowest BCUT2D eigenvalue weighted by Gasteiger charge is -2.34. The number of ether oxygens (including phenoxy) is 2. The van der Waals surface area contributed by atoms with Crippen LogP contribution in [-0.2, 0) is 16.1 Å². The van der Waals surface area contributed by atoms with Crippen molar-refractivity contribution < 1.29 is 34.1 Å². The van der Waals surface area contributed by atoms with Gasteiger partial charge in [0, 0.05) is 78.0 Å². The fourth-order valence-corrected chi connectivity index (χ4v) is 9.96. The van der Waals surface area contributed by atoms with E-state index in [2.05, 4.69) is 96.4 Å². The molecule has 6 N–H and O–H groups in total. The molecule has 0 radical (unpaired) electrons. The first kappa shape index (κ1) is 60.4. The standard InChI is InChI=1S/C19H34N2O4.C17H19N3O2S.C16H25N3OS.C2H6/c1-4-5-6-7-8-10-14(2)17(19(24)25)20-18(23)15(3)16-11-9-12-21(16)13-22;1-10(2)18-17-20-15(9-23-17)14-8-16(22-4)12-6-5-11(21-3)7-13(12)19-14;1-5-17-15(20)18-14(16(2,3)4)11-19-10-12-8-6-7-9-13(12)21-19;1-2/h8,10,14-17,22H,4-7,9,11-13H2,1-3H3,(H,20,23)(H,24,25);5-10H,1-4H3,(H,18,20);6-9,14H,5,10-11H2,1-4H3,(H2,17,18,20);1-2H3/b10-8-;;;. The highest BCUT2D eigenvalue weighted by atomic mass is 32.2. The normalized spacial score (nSPS) is 16.2. The number of hydrogen-bond donors (Lipinski definition) is 6. The van der Waals surface area contributed by atoms with E-state index in [1.165, 1.54) is 10.5 Å². The van der Waals surface area contributed by atoms with Gasteiger partial charge in [-0.2, -0.15) is 0 Å². The quantitative estimate of drug-likeness (QED) is 0.0279. The second kappa shape index (κ2) is 30.8. The number of carbonyl (C=O) groups is 3. The number of thiazole rings is 1. The van der Waals surface area contributed by atoms with E-state index in [0.717, 1.165) is 97.1 Å². The molecule has 5 unspecified atom stereocenters. The summed E-state index contributed by atoms with van der Waals surface area (Å²) in [6, 6.07) is 15.6. The third kappa shape index (κ3) is 19.2. The number of carboxylic acid groups (broad SMARTS) is 1. The van der Waals surface area contributed by atoms with Crippen molar-refractivity contribution in [2.45, 2.75) is 150 Å². The zero-order valence-electron chi connectivity index (χ0n) is 44.6. The molecular formula is C54H84N8O7S2. The van der Waals surface area contributed by atoms with Gasteiger partial charge in [0.05, 0.1) is 38.1 Å². The number of nitrogens with zero attached hydrogens (tertiary/aromatic N) is 4. The SMILES string of the molecule is CC.CCCCC/C=C\C(C)C(NC(=O)C(C)C1CCCN1CO)C(=O)O.CCNC(=O)NC(CN1Cc2ccccc2S1)C(C)(C)C.COc1ccc2c(OC)cc(-c3csc(NC(C)C)n3)nc2c1. The fraction of sp³-hybridized carbons (Fsp3) is 0.574. The van der Waals surface area contributed by atoms with Crippen LogP contribution >= 0.6 is 23.3 Å². The van der Waals surface area contributed by atoms with Gasteiger partial charge < -0.3 is 41.0 Å². The first-order valence-electron chi connectivity index (χ1n) is 25.3. The van der Waals surface area contributed by atoms with Crippen molar-refractivity contribution in [2.24, 2.45) is 17.3 Å². The van der Waals surface area contributed by atoms with Gasteiger partial charge in [-0.1, -0.05) is 98.6 Å². The number of urea groups is 1. The molecule has 2 aliphatic heterocycles. The molecule has 3 amide bonds. The maximum Gasteiger partial charge on any atom is 0.326 e. The number of methoxy groups -OCH3 is 2. The molecule has 15 nitrogen and oxygen atoms in total. The number of aliphatic carboxylic acids is 1. The number of rotatable bonds is 20. The minimum Gasteiger partial charge on any atom is -0.497 e. The third-order valence-electron chi connectivity index (χ3n) is 12.1. The molecule has 5 atom stereocenters. The van der Waals surface area contributed by atoms with E-state index in [1.807, 2.05) is 74.4 Å². The smallest absolute Gasteiger partial charge is 0.326 e. The van der Waals surface area contributed by atoms with Crippen molar-refractivity contribution in [1.82, 2.24) is 35.1 Å². The van der Waals surface area contributed by atoms with Crippen LogP contribution in [-0.4, -0.2) is 112 Å². The van der Waals surface area contributed by atoms with Crippen molar-refractivity contribution in [2.75, 3.05) is 45.9 Å². The number of carboxylic acids is 1. The summed E-state index contributed by atoms with van der Waals surface area (Å²) in [6.07, 6.45) is 10.0. The van der Waals surface area contributed by atoms with Crippen LogP contribution in [0.25, 0.3) is 22.3 Å². The Balaban J connectivity index is 0.000000277.